The first kappa shape index (κ1) is 24.3. The van der Waals surface area contributed by atoms with E-state index in [0.717, 1.165) is 0 Å². The Hall–Kier alpha value is -1.76. The van der Waals surface area contributed by atoms with Crippen molar-refractivity contribution >= 4 is 20.0 Å². The normalized spacial score (nSPS) is 14.4. The summed E-state index contributed by atoms with van der Waals surface area (Å²) >= 11 is 0. The van der Waals surface area contributed by atoms with E-state index in [4.69, 9.17) is 0 Å². The Morgan fingerprint density at radius 2 is 0.929 bits per heavy atom. The molecule has 0 heterocycles. The molecule has 1 N–H and O–H groups in total. The van der Waals surface area contributed by atoms with E-state index in [2.05, 4.69) is 0 Å². The van der Waals surface area contributed by atoms with E-state index >= 15 is 0 Å². The average molecular weight is 479 g/mol. The minimum atomic E-state index is -7.07. The fraction of sp³-hybridized carbons (Fsp3) is 0.333. The fourth-order valence-electron chi connectivity index (χ4n) is 1.61. The van der Waals surface area contributed by atoms with Crippen LogP contribution in [-0.4, -0.2) is 22.3 Å². The first-order chi connectivity index (χ1) is 12.1. The SMILES string of the molecule is O=S(=O)(NS(=O)(=O)C(F)(F)F)c1c(F)c(C(F)(F)F)c(F)c(C(F)(F)F)c1F. The summed E-state index contributed by atoms with van der Waals surface area (Å²) in [7, 11) is -14.0. The van der Waals surface area contributed by atoms with Crippen molar-refractivity contribution in [2.24, 2.45) is 0 Å². The van der Waals surface area contributed by atoms with E-state index in [1.165, 1.54) is 0 Å². The topological polar surface area (TPSA) is 80.3 Å². The lowest BCUT2D eigenvalue weighted by molar-refractivity contribution is -0.151. The Bertz CT molecular complexity index is 962. The van der Waals surface area contributed by atoms with Gasteiger partial charge in [-0.25, -0.2) is 30.0 Å². The van der Waals surface area contributed by atoms with Crippen molar-refractivity contribution in [1.82, 2.24) is 4.13 Å². The molecule has 19 heteroatoms. The van der Waals surface area contributed by atoms with Crippen molar-refractivity contribution in [3.8, 4) is 0 Å². The number of halogens is 12. The minimum Gasteiger partial charge on any atom is -0.206 e. The van der Waals surface area contributed by atoms with Crippen LogP contribution in [-0.2, 0) is 32.4 Å². The summed E-state index contributed by atoms with van der Waals surface area (Å²) in [6.45, 7) is 0. The highest BCUT2D eigenvalue weighted by molar-refractivity contribution is 8.05. The summed E-state index contributed by atoms with van der Waals surface area (Å²) in [4.78, 5) is -3.44. The van der Waals surface area contributed by atoms with Crippen LogP contribution in [0.5, 0.6) is 0 Å². The van der Waals surface area contributed by atoms with Gasteiger partial charge >= 0.3 is 27.9 Å². The van der Waals surface area contributed by atoms with Crippen LogP contribution >= 0.6 is 0 Å². The Kier molecular flexibility index (Phi) is 5.76. The van der Waals surface area contributed by atoms with Crippen LogP contribution in [0.4, 0.5) is 52.7 Å². The zero-order valence-electron chi connectivity index (χ0n) is 12.0. The molecule has 0 saturated carbocycles. The van der Waals surface area contributed by atoms with E-state index in [1.807, 2.05) is 0 Å². The van der Waals surface area contributed by atoms with Crippen molar-refractivity contribution in [2.45, 2.75) is 22.8 Å². The Balaban J connectivity index is 4.07. The number of hydrogen-bond donors (Lipinski definition) is 1. The number of sulfonamides is 2. The highest BCUT2D eigenvalue weighted by atomic mass is 32.3. The molecule has 0 aromatic heterocycles. The van der Waals surface area contributed by atoms with Crippen LogP contribution < -0.4 is 4.13 Å². The molecule has 0 fully saturated rings. The lowest BCUT2D eigenvalue weighted by atomic mass is 10.1. The third-order valence-electron chi connectivity index (χ3n) is 2.64. The van der Waals surface area contributed by atoms with Crippen LogP contribution in [0, 0.1) is 17.5 Å². The summed E-state index contributed by atoms with van der Waals surface area (Å²) < 4.78 is 197. The van der Waals surface area contributed by atoms with Crippen LogP contribution in [0.15, 0.2) is 4.90 Å². The molecule has 5 nitrogen and oxygen atoms in total. The van der Waals surface area contributed by atoms with E-state index < -0.39 is 75.5 Å². The smallest absolute Gasteiger partial charge is 0.206 e. The fourth-order valence-corrected chi connectivity index (χ4v) is 4.15. The molecule has 1 rings (SSSR count). The van der Waals surface area contributed by atoms with Gasteiger partial charge in [-0.05, 0) is 0 Å². The molecule has 0 aliphatic carbocycles. The second-order valence-electron chi connectivity index (χ2n) is 4.55. The number of benzene rings is 1. The van der Waals surface area contributed by atoms with Gasteiger partial charge in [0.05, 0.1) is 0 Å². The van der Waals surface area contributed by atoms with Crippen molar-refractivity contribution in [1.29, 1.82) is 0 Å². The Labute approximate surface area is 146 Å². The van der Waals surface area contributed by atoms with Gasteiger partial charge in [-0.2, -0.15) is 39.5 Å². The highest BCUT2D eigenvalue weighted by Crippen LogP contribution is 2.44. The molecule has 0 spiro atoms. The maximum Gasteiger partial charge on any atom is 0.512 e. The van der Waals surface area contributed by atoms with E-state index in [-0.39, 0.29) is 0 Å². The zero-order chi connectivity index (χ0) is 22.7. The van der Waals surface area contributed by atoms with Crippen LogP contribution in [0.3, 0.4) is 0 Å². The summed E-state index contributed by atoms with van der Waals surface area (Å²) in [5.41, 5.74) is -13.8. The standard InChI is InChI=1S/C9HF12NO4S2/c10-3-1(7(13,14)15)4(11)6(5(12)2(3)8(16,17)18)27(23,24)22-28(25,26)9(19,20)21/h22H. The third-order valence-corrected chi connectivity index (χ3v) is 5.90. The summed E-state index contributed by atoms with van der Waals surface area (Å²) in [5.74, 6) is -10.9. The van der Waals surface area contributed by atoms with Crippen molar-refractivity contribution < 1.29 is 69.5 Å². The van der Waals surface area contributed by atoms with Crippen LogP contribution in [0.2, 0.25) is 0 Å². The van der Waals surface area contributed by atoms with Gasteiger partial charge in [0.1, 0.15) is 11.1 Å². The van der Waals surface area contributed by atoms with E-state index in [0.29, 0.717) is 0 Å². The predicted molar refractivity (Wildman–Crippen MR) is 61.6 cm³/mol. The highest BCUT2D eigenvalue weighted by Gasteiger charge is 2.53. The third kappa shape index (κ3) is 4.29. The minimum absolute atomic E-state index is 0.470. The summed E-state index contributed by atoms with van der Waals surface area (Å²) in [5, 5.41) is 0. The van der Waals surface area contributed by atoms with Crippen LogP contribution in [0.25, 0.3) is 0 Å². The molecular formula is C9HF12NO4S2. The first-order valence-electron chi connectivity index (χ1n) is 5.75. The zero-order valence-corrected chi connectivity index (χ0v) is 13.6. The number of rotatable bonds is 3. The average Bonchev–Trinajstić information content (AvgIpc) is 2.30. The molecule has 0 bridgehead atoms. The molecule has 0 unspecified atom stereocenters. The maximum absolute atomic E-state index is 13.8. The number of alkyl halides is 9. The predicted octanol–water partition coefficient (Wildman–Crippen LogP) is 3.27. The van der Waals surface area contributed by atoms with Gasteiger partial charge in [0.2, 0.25) is 0 Å². The van der Waals surface area contributed by atoms with Gasteiger partial charge < -0.3 is 0 Å². The van der Waals surface area contributed by atoms with Gasteiger partial charge in [-0.3, -0.25) is 0 Å². The van der Waals surface area contributed by atoms with Gasteiger partial charge in [-0.15, -0.1) is 0 Å². The molecule has 0 aliphatic heterocycles. The molecule has 0 aliphatic rings. The van der Waals surface area contributed by atoms with Gasteiger partial charge in [0.15, 0.2) is 22.3 Å². The first-order valence-corrected chi connectivity index (χ1v) is 8.72. The second-order valence-corrected chi connectivity index (χ2v) is 8.10. The Morgan fingerprint density at radius 3 is 1.18 bits per heavy atom. The molecule has 162 valence electrons. The largest absolute Gasteiger partial charge is 0.512 e. The molecule has 1 aromatic carbocycles. The second kappa shape index (κ2) is 6.65. The van der Waals surface area contributed by atoms with Crippen molar-refractivity contribution in [3.63, 3.8) is 0 Å². The van der Waals surface area contributed by atoms with Crippen molar-refractivity contribution in [2.75, 3.05) is 0 Å². The lowest BCUT2D eigenvalue weighted by Gasteiger charge is -2.19. The lowest BCUT2D eigenvalue weighted by Crippen LogP contribution is -2.41. The van der Waals surface area contributed by atoms with E-state index in [1.54, 1.807) is 0 Å². The number of hydrogen-bond acceptors (Lipinski definition) is 4. The van der Waals surface area contributed by atoms with Crippen molar-refractivity contribution in [3.05, 3.63) is 28.6 Å². The maximum atomic E-state index is 13.8. The monoisotopic (exact) mass is 479 g/mol. The van der Waals surface area contributed by atoms with Gasteiger partial charge in [0.25, 0.3) is 10.0 Å². The summed E-state index contributed by atoms with van der Waals surface area (Å²) in [6.07, 6.45) is -12.9. The Morgan fingerprint density at radius 1 is 0.607 bits per heavy atom. The molecule has 28 heavy (non-hydrogen) atoms. The molecule has 1 aromatic rings. The summed E-state index contributed by atoms with van der Waals surface area (Å²) in [6, 6.07) is 0. The van der Waals surface area contributed by atoms with Crippen LogP contribution in [0.1, 0.15) is 11.1 Å². The molecule has 0 amide bonds. The molecule has 0 atom stereocenters. The molecule has 0 radical (unpaired) electrons. The van der Waals surface area contributed by atoms with E-state index in [9.17, 15) is 69.5 Å². The van der Waals surface area contributed by atoms with Gasteiger partial charge in [-0.1, -0.05) is 4.13 Å². The number of nitrogens with one attached hydrogen (secondary N) is 1. The molecular weight excluding hydrogens is 478 g/mol. The molecule has 0 saturated heterocycles. The quantitative estimate of drug-likeness (QED) is 0.676. The van der Waals surface area contributed by atoms with Gasteiger partial charge in [0, 0.05) is 0 Å².